The Labute approximate surface area is 116 Å². The van der Waals surface area contributed by atoms with E-state index in [0.29, 0.717) is 12.2 Å². The fourth-order valence-corrected chi connectivity index (χ4v) is 1.89. The minimum Gasteiger partial charge on any atom is -0.478 e. The average Bonchev–Trinajstić information content (AvgIpc) is 3.05. The number of hydrogen-bond donors (Lipinski definition) is 3. The number of carboxylic acids is 1. The van der Waals surface area contributed by atoms with Crippen LogP contribution in [0.5, 0.6) is 0 Å². The van der Waals surface area contributed by atoms with E-state index >= 15 is 0 Å². The smallest absolute Gasteiger partial charge is 0.337 e. The highest BCUT2D eigenvalue weighted by atomic mass is 35.5. The number of carboxylic acid groups (broad SMARTS) is 1. The Bertz CT molecular complexity index is 527. The molecule has 6 heteroatoms. The number of hydrogen-bond acceptors (Lipinski definition) is 2. The molecular formula is C13H15ClN2O3. The molecule has 0 unspecified atom stereocenters. The monoisotopic (exact) mass is 282 g/mol. The van der Waals surface area contributed by atoms with Gasteiger partial charge in [0.1, 0.15) is 0 Å². The number of anilines is 1. The maximum Gasteiger partial charge on any atom is 0.337 e. The third-order valence-electron chi connectivity index (χ3n) is 3.24. The average molecular weight is 283 g/mol. The van der Waals surface area contributed by atoms with Crippen molar-refractivity contribution < 1.29 is 14.7 Å². The molecule has 0 heterocycles. The summed E-state index contributed by atoms with van der Waals surface area (Å²) < 4.78 is 0. The first-order chi connectivity index (χ1) is 8.89. The van der Waals surface area contributed by atoms with Crippen molar-refractivity contribution in [3.05, 3.63) is 28.8 Å². The van der Waals surface area contributed by atoms with Crippen LogP contribution in [0.3, 0.4) is 0 Å². The molecule has 19 heavy (non-hydrogen) atoms. The van der Waals surface area contributed by atoms with Crippen molar-refractivity contribution in [3.63, 3.8) is 0 Å². The van der Waals surface area contributed by atoms with Crippen molar-refractivity contribution in [2.24, 2.45) is 5.41 Å². The number of halogens is 1. The Morgan fingerprint density at radius 1 is 1.42 bits per heavy atom. The van der Waals surface area contributed by atoms with E-state index < -0.39 is 5.97 Å². The number of benzene rings is 1. The van der Waals surface area contributed by atoms with E-state index in [2.05, 4.69) is 17.6 Å². The van der Waals surface area contributed by atoms with Gasteiger partial charge in [0.05, 0.1) is 10.6 Å². The van der Waals surface area contributed by atoms with Crippen LogP contribution in [0.25, 0.3) is 0 Å². The summed E-state index contributed by atoms with van der Waals surface area (Å²) in [6, 6.07) is 3.98. The summed E-state index contributed by atoms with van der Waals surface area (Å²) in [6.07, 6.45) is 2.26. The van der Waals surface area contributed by atoms with E-state index in [9.17, 15) is 9.59 Å². The van der Waals surface area contributed by atoms with Gasteiger partial charge in [-0.3, -0.25) is 0 Å². The van der Waals surface area contributed by atoms with E-state index in [1.54, 1.807) is 0 Å². The summed E-state index contributed by atoms with van der Waals surface area (Å²) in [5.41, 5.74) is 0.717. The standard InChI is InChI=1S/C13H15ClN2O3/c1-13(4-5-13)7-15-12(19)16-8-2-3-9(11(17)18)10(14)6-8/h2-3,6H,4-5,7H2,1H3,(H,17,18)(H2,15,16,19). The van der Waals surface area contributed by atoms with Crippen molar-refractivity contribution >= 4 is 29.3 Å². The van der Waals surface area contributed by atoms with Crippen LogP contribution in [-0.2, 0) is 0 Å². The van der Waals surface area contributed by atoms with Gasteiger partial charge in [0, 0.05) is 12.2 Å². The minimum absolute atomic E-state index is 0.0121. The van der Waals surface area contributed by atoms with E-state index in [-0.39, 0.29) is 22.0 Å². The topological polar surface area (TPSA) is 78.4 Å². The Balaban J connectivity index is 1.93. The van der Waals surface area contributed by atoms with Crippen LogP contribution in [0.2, 0.25) is 5.02 Å². The van der Waals surface area contributed by atoms with Gasteiger partial charge in [-0.15, -0.1) is 0 Å². The Hall–Kier alpha value is -1.75. The molecule has 1 saturated carbocycles. The summed E-state index contributed by atoms with van der Waals surface area (Å²) in [7, 11) is 0. The lowest BCUT2D eigenvalue weighted by atomic mass is 10.1. The van der Waals surface area contributed by atoms with Gasteiger partial charge in [-0.2, -0.15) is 0 Å². The fourth-order valence-electron chi connectivity index (χ4n) is 1.63. The summed E-state index contributed by atoms with van der Waals surface area (Å²) in [5, 5.41) is 14.3. The van der Waals surface area contributed by atoms with Gasteiger partial charge >= 0.3 is 12.0 Å². The molecule has 0 radical (unpaired) electrons. The summed E-state index contributed by atoms with van der Waals surface area (Å²) in [5.74, 6) is -1.09. The van der Waals surface area contributed by atoms with Gasteiger partial charge in [0.2, 0.25) is 0 Å². The molecule has 1 aromatic rings. The Kier molecular flexibility index (Phi) is 3.66. The minimum atomic E-state index is -1.09. The molecule has 1 aliphatic carbocycles. The maximum atomic E-state index is 11.6. The zero-order chi connectivity index (χ0) is 14.0. The molecule has 3 N–H and O–H groups in total. The van der Waals surface area contributed by atoms with Crippen LogP contribution in [0.15, 0.2) is 18.2 Å². The molecule has 1 fully saturated rings. The number of nitrogens with one attached hydrogen (secondary N) is 2. The first kappa shape index (κ1) is 13.7. The second-order valence-corrected chi connectivity index (χ2v) is 5.53. The Morgan fingerprint density at radius 2 is 2.11 bits per heavy atom. The van der Waals surface area contributed by atoms with E-state index in [0.717, 1.165) is 12.8 Å². The first-order valence-electron chi connectivity index (χ1n) is 5.97. The molecule has 0 saturated heterocycles. The molecule has 0 bridgehead atoms. The van der Waals surface area contributed by atoms with Gasteiger partial charge in [0.25, 0.3) is 0 Å². The third-order valence-corrected chi connectivity index (χ3v) is 3.55. The fraction of sp³-hybridized carbons (Fsp3) is 0.385. The van der Waals surface area contributed by atoms with Crippen LogP contribution < -0.4 is 10.6 Å². The molecule has 2 rings (SSSR count). The number of amides is 2. The quantitative estimate of drug-likeness (QED) is 0.794. The second kappa shape index (κ2) is 5.09. The van der Waals surface area contributed by atoms with Crippen LogP contribution >= 0.6 is 11.6 Å². The number of aromatic carboxylic acids is 1. The van der Waals surface area contributed by atoms with Crippen molar-refractivity contribution in [2.75, 3.05) is 11.9 Å². The predicted molar refractivity (Wildman–Crippen MR) is 72.8 cm³/mol. The van der Waals surface area contributed by atoms with Crippen LogP contribution in [0.4, 0.5) is 10.5 Å². The van der Waals surface area contributed by atoms with Gasteiger partial charge in [-0.25, -0.2) is 9.59 Å². The zero-order valence-electron chi connectivity index (χ0n) is 10.5. The van der Waals surface area contributed by atoms with Crippen molar-refractivity contribution in [1.82, 2.24) is 5.32 Å². The highest BCUT2D eigenvalue weighted by Gasteiger charge is 2.37. The molecule has 1 aromatic carbocycles. The molecule has 102 valence electrons. The third kappa shape index (κ3) is 3.61. The number of carbonyl (C=O) groups excluding carboxylic acids is 1. The highest BCUT2D eigenvalue weighted by Crippen LogP contribution is 2.44. The van der Waals surface area contributed by atoms with E-state index in [4.69, 9.17) is 16.7 Å². The Morgan fingerprint density at radius 3 is 2.63 bits per heavy atom. The molecule has 1 aliphatic rings. The number of rotatable bonds is 4. The SMILES string of the molecule is CC1(CNC(=O)Nc2ccc(C(=O)O)c(Cl)c2)CC1. The predicted octanol–water partition coefficient (Wildman–Crippen LogP) is 2.96. The lowest BCUT2D eigenvalue weighted by Gasteiger charge is -2.11. The van der Waals surface area contributed by atoms with Gasteiger partial charge in [0.15, 0.2) is 0 Å². The number of carbonyl (C=O) groups is 2. The molecular weight excluding hydrogens is 268 g/mol. The molecule has 0 aromatic heterocycles. The molecule has 0 aliphatic heterocycles. The van der Waals surface area contributed by atoms with Crippen molar-refractivity contribution in [1.29, 1.82) is 0 Å². The normalized spacial score (nSPS) is 15.7. The summed E-state index contributed by atoms with van der Waals surface area (Å²) in [4.78, 5) is 22.4. The van der Waals surface area contributed by atoms with E-state index in [1.165, 1.54) is 18.2 Å². The molecule has 5 nitrogen and oxygen atoms in total. The lowest BCUT2D eigenvalue weighted by molar-refractivity contribution is 0.0697. The number of urea groups is 1. The highest BCUT2D eigenvalue weighted by molar-refractivity contribution is 6.33. The van der Waals surface area contributed by atoms with Crippen LogP contribution in [0, 0.1) is 5.41 Å². The van der Waals surface area contributed by atoms with Gasteiger partial charge < -0.3 is 15.7 Å². The largest absolute Gasteiger partial charge is 0.478 e. The zero-order valence-corrected chi connectivity index (χ0v) is 11.3. The van der Waals surface area contributed by atoms with Crippen molar-refractivity contribution in [2.45, 2.75) is 19.8 Å². The lowest BCUT2D eigenvalue weighted by Crippen LogP contribution is -2.32. The van der Waals surface area contributed by atoms with E-state index in [1.807, 2.05) is 0 Å². The first-order valence-corrected chi connectivity index (χ1v) is 6.35. The van der Waals surface area contributed by atoms with Crippen LogP contribution in [0.1, 0.15) is 30.1 Å². The van der Waals surface area contributed by atoms with Gasteiger partial charge in [-0.05, 0) is 36.5 Å². The van der Waals surface area contributed by atoms with Crippen molar-refractivity contribution in [3.8, 4) is 0 Å². The second-order valence-electron chi connectivity index (χ2n) is 5.12. The molecule has 2 amide bonds. The van der Waals surface area contributed by atoms with Gasteiger partial charge in [-0.1, -0.05) is 18.5 Å². The summed E-state index contributed by atoms with van der Waals surface area (Å²) >= 11 is 5.81. The summed E-state index contributed by atoms with van der Waals surface area (Å²) in [6.45, 7) is 2.76. The maximum absolute atomic E-state index is 11.6. The molecule has 0 spiro atoms. The molecule has 0 atom stereocenters. The van der Waals surface area contributed by atoms with Crippen LogP contribution in [-0.4, -0.2) is 23.7 Å².